The molecule has 1 aliphatic heterocycles. The Morgan fingerprint density at radius 2 is 1.82 bits per heavy atom. The van der Waals surface area contributed by atoms with Crippen molar-refractivity contribution in [1.82, 2.24) is 14.9 Å². The van der Waals surface area contributed by atoms with Crippen molar-refractivity contribution in [3.05, 3.63) is 78.0 Å². The third kappa shape index (κ3) is 9.50. The first-order chi connectivity index (χ1) is 18.6. The number of hydrazine groups is 2. The molecule has 0 amide bonds. The highest BCUT2D eigenvalue weighted by Gasteiger charge is 2.36. The Balaban J connectivity index is 1.37. The number of unbranched alkanes of at least 4 members (excludes halogenated alkanes) is 1. The van der Waals surface area contributed by atoms with Crippen LogP contribution in [-0.2, 0) is 11.2 Å². The van der Waals surface area contributed by atoms with Crippen molar-refractivity contribution >= 4 is 11.4 Å². The van der Waals surface area contributed by atoms with Gasteiger partial charge in [0.15, 0.2) is 6.29 Å². The van der Waals surface area contributed by atoms with Gasteiger partial charge in [-0.25, -0.2) is 11.7 Å². The molecular formula is C28H44N8O3. The van der Waals surface area contributed by atoms with Crippen molar-refractivity contribution in [2.24, 2.45) is 23.2 Å². The number of aliphatic hydroxyl groups is 2. The maximum Gasteiger partial charge on any atom is 0.182 e. The Kier molecular flexibility index (Phi) is 11.5. The Hall–Kier alpha value is -3.19. The Bertz CT molecular complexity index is 1070. The van der Waals surface area contributed by atoms with Crippen LogP contribution in [0.2, 0.25) is 0 Å². The number of hydrogen-bond acceptors (Lipinski definition) is 11. The highest BCUT2D eigenvalue weighted by Crippen LogP contribution is 2.23. The molecule has 1 fully saturated rings. The molecule has 3 rings (SSSR count). The van der Waals surface area contributed by atoms with Gasteiger partial charge in [-0.05, 0) is 69.5 Å². The molecule has 4 atom stereocenters. The number of anilines is 1. The molecule has 1 aromatic heterocycles. The second kappa shape index (κ2) is 14.8. The van der Waals surface area contributed by atoms with E-state index < -0.39 is 12.4 Å². The molecule has 2 heterocycles. The van der Waals surface area contributed by atoms with E-state index >= 15 is 0 Å². The standard InChI is InChI=1S/C28H44N8O3/c1-20-16-26(27(37)28(38)39-20)34(2)15-12-23(29)18-35(31)14-4-3-6-21-8-10-24(11-9-21)36(32)19-25(30)22-7-5-13-33-17-22/h5,7-11,13,17-20,26-28,37-38H,3-4,6,12,14-16,29-32H2,1-2H3/b23-18-,25-19-/t20-,26+,27-,28-/m1/s1. The summed E-state index contributed by atoms with van der Waals surface area (Å²) in [6, 6.07) is 11.6. The van der Waals surface area contributed by atoms with Crippen molar-refractivity contribution in [3.8, 4) is 0 Å². The summed E-state index contributed by atoms with van der Waals surface area (Å²) in [5.41, 5.74) is 16.4. The third-order valence-electron chi connectivity index (χ3n) is 6.92. The zero-order valence-corrected chi connectivity index (χ0v) is 22.9. The van der Waals surface area contributed by atoms with Gasteiger partial charge in [0.25, 0.3) is 0 Å². The average molecular weight is 541 g/mol. The summed E-state index contributed by atoms with van der Waals surface area (Å²) in [6.45, 7) is 3.21. The average Bonchev–Trinajstić information content (AvgIpc) is 2.92. The smallest absolute Gasteiger partial charge is 0.182 e. The summed E-state index contributed by atoms with van der Waals surface area (Å²) >= 11 is 0. The predicted molar refractivity (Wildman–Crippen MR) is 154 cm³/mol. The maximum absolute atomic E-state index is 10.2. The number of rotatable bonds is 13. The predicted octanol–water partition coefficient (Wildman–Crippen LogP) is 1.20. The first-order valence-electron chi connectivity index (χ1n) is 13.3. The molecule has 1 saturated heterocycles. The fourth-order valence-corrected chi connectivity index (χ4v) is 4.59. The number of pyridine rings is 1. The van der Waals surface area contributed by atoms with E-state index in [2.05, 4.69) is 17.1 Å². The van der Waals surface area contributed by atoms with Gasteiger partial charge in [-0.15, -0.1) is 0 Å². The van der Waals surface area contributed by atoms with Gasteiger partial charge in [0.05, 0.1) is 17.5 Å². The van der Waals surface area contributed by atoms with Crippen molar-refractivity contribution in [3.63, 3.8) is 0 Å². The molecule has 0 radical (unpaired) electrons. The fourth-order valence-electron chi connectivity index (χ4n) is 4.59. The van der Waals surface area contributed by atoms with E-state index in [1.54, 1.807) is 29.8 Å². The molecule has 11 heteroatoms. The van der Waals surface area contributed by atoms with Gasteiger partial charge in [-0.3, -0.25) is 9.99 Å². The van der Waals surface area contributed by atoms with Crippen LogP contribution in [0.25, 0.3) is 5.70 Å². The second-order valence-electron chi connectivity index (χ2n) is 10.2. The lowest BCUT2D eigenvalue weighted by molar-refractivity contribution is -0.231. The zero-order valence-electron chi connectivity index (χ0n) is 22.9. The van der Waals surface area contributed by atoms with Crippen LogP contribution in [0.15, 0.2) is 66.9 Å². The number of aliphatic hydroxyl groups excluding tert-OH is 2. The molecule has 0 aliphatic carbocycles. The first kappa shape index (κ1) is 30.4. The van der Waals surface area contributed by atoms with Gasteiger partial charge in [0.2, 0.25) is 0 Å². The van der Waals surface area contributed by atoms with E-state index in [1.165, 1.54) is 10.6 Å². The summed E-state index contributed by atoms with van der Waals surface area (Å²) in [6.07, 6.45) is 8.68. The molecule has 39 heavy (non-hydrogen) atoms. The number of aryl methyl sites for hydroxylation is 1. The normalized spacial score (nSPS) is 22.2. The number of nitrogens with two attached hydrogens (primary N) is 4. The summed E-state index contributed by atoms with van der Waals surface area (Å²) < 4.78 is 5.28. The van der Waals surface area contributed by atoms with E-state index in [0.29, 0.717) is 37.3 Å². The molecule has 0 spiro atoms. The molecule has 1 aliphatic rings. The molecule has 11 nitrogen and oxygen atoms in total. The minimum Gasteiger partial charge on any atom is -0.401 e. The van der Waals surface area contributed by atoms with E-state index in [0.717, 1.165) is 30.5 Å². The van der Waals surface area contributed by atoms with Gasteiger partial charge in [-0.2, -0.15) is 0 Å². The van der Waals surface area contributed by atoms with Crippen LogP contribution < -0.4 is 28.2 Å². The number of ether oxygens (including phenoxy) is 1. The summed E-state index contributed by atoms with van der Waals surface area (Å²) in [5.74, 6) is 12.3. The number of aromatic nitrogens is 1. The molecule has 10 N–H and O–H groups in total. The Labute approximate surface area is 231 Å². The van der Waals surface area contributed by atoms with Crippen LogP contribution in [-0.4, -0.2) is 69.8 Å². The van der Waals surface area contributed by atoms with Gasteiger partial charge >= 0.3 is 0 Å². The highest BCUT2D eigenvalue weighted by atomic mass is 16.6. The summed E-state index contributed by atoms with van der Waals surface area (Å²) in [4.78, 5) is 6.08. The minimum absolute atomic E-state index is 0.115. The van der Waals surface area contributed by atoms with Crippen molar-refractivity contribution in [1.29, 1.82) is 0 Å². The number of hydrogen-bond donors (Lipinski definition) is 6. The highest BCUT2D eigenvalue weighted by molar-refractivity contribution is 5.65. The van der Waals surface area contributed by atoms with E-state index in [9.17, 15) is 10.2 Å². The second-order valence-corrected chi connectivity index (χ2v) is 10.2. The monoisotopic (exact) mass is 540 g/mol. The molecular weight excluding hydrogens is 496 g/mol. The van der Waals surface area contributed by atoms with Gasteiger partial charge in [0, 0.05) is 61.6 Å². The molecule has 2 aromatic rings. The lowest BCUT2D eigenvalue weighted by Gasteiger charge is -2.40. The molecule has 0 saturated carbocycles. The van der Waals surface area contributed by atoms with Crippen molar-refractivity contribution < 1.29 is 14.9 Å². The first-order valence-corrected chi connectivity index (χ1v) is 13.3. The van der Waals surface area contributed by atoms with Crippen LogP contribution in [0.3, 0.4) is 0 Å². The fraction of sp³-hybridized carbons (Fsp3) is 0.464. The quantitative estimate of drug-likeness (QED) is 0.122. The van der Waals surface area contributed by atoms with Crippen LogP contribution >= 0.6 is 0 Å². The van der Waals surface area contributed by atoms with Gasteiger partial charge in [-0.1, -0.05) is 12.1 Å². The molecule has 0 unspecified atom stereocenters. The van der Waals surface area contributed by atoms with Crippen molar-refractivity contribution in [2.45, 2.75) is 63.6 Å². The third-order valence-corrected chi connectivity index (χ3v) is 6.92. The molecule has 0 bridgehead atoms. The van der Waals surface area contributed by atoms with Crippen LogP contribution in [0.1, 0.15) is 43.7 Å². The van der Waals surface area contributed by atoms with Gasteiger partial charge < -0.3 is 36.3 Å². The van der Waals surface area contributed by atoms with Crippen molar-refractivity contribution in [2.75, 3.05) is 25.1 Å². The number of benzene rings is 1. The molecule has 1 aromatic carbocycles. The lowest BCUT2D eigenvalue weighted by Crippen LogP contribution is -2.54. The Morgan fingerprint density at radius 3 is 2.51 bits per heavy atom. The number of likely N-dealkylation sites (N-methyl/N-ethyl adjacent to an activating group) is 1. The van der Waals surface area contributed by atoms with Gasteiger partial charge in [0.1, 0.15) is 6.10 Å². The van der Waals surface area contributed by atoms with Crippen LogP contribution in [0.5, 0.6) is 0 Å². The SMILES string of the molecule is C[C@@H]1C[C@H](N(C)CC/C(N)=C/N(N)CCCCc2ccc(N(N)/C=C(\N)c3cccnc3)cc2)[C@@H](O)[C@H](O)O1. The topological polar surface area (TPSA) is 176 Å². The van der Waals surface area contributed by atoms with Crippen LogP contribution in [0.4, 0.5) is 5.69 Å². The zero-order chi connectivity index (χ0) is 28.4. The van der Waals surface area contributed by atoms with Crippen LogP contribution in [0, 0.1) is 0 Å². The van der Waals surface area contributed by atoms with E-state index in [-0.39, 0.29) is 12.1 Å². The summed E-state index contributed by atoms with van der Waals surface area (Å²) in [7, 11) is 1.92. The minimum atomic E-state index is -1.17. The largest absolute Gasteiger partial charge is 0.401 e. The maximum atomic E-state index is 10.2. The van der Waals surface area contributed by atoms with E-state index in [1.807, 2.05) is 43.1 Å². The lowest BCUT2D eigenvalue weighted by atomic mass is 9.99. The summed E-state index contributed by atoms with van der Waals surface area (Å²) in [5, 5.41) is 23.2. The number of nitrogens with zero attached hydrogens (tertiary/aromatic N) is 4. The Morgan fingerprint density at radius 1 is 1.08 bits per heavy atom. The molecule has 214 valence electrons. The van der Waals surface area contributed by atoms with E-state index in [4.69, 9.17) is 27.9 Å².